The van der Waals surface area contributed by atoms with E-state index in [1.165, 1.54) is 0 Å². The summed E-state index contributed by atoms with van der Waals surface area (Å²) in [4.78, 5) is 13.3. The predicted molar refractivity (Wildman–Crippen MR) is 127 cm³/mol. The second kappa shape index (κ2) is 9.11. The van der Waals surface area contributed by atoms with Gasteiger partial charge in [-0.05, 0) is 79.5 Å². The molecule has 5 rings (SSSR count). The minimum atomic E-state index is -5.28. The minimum Gasteiger partial charge on any atom is -0.330 e. The molecule has 2 aromatic rings. The van der Waals surface area contributed by atoms with Crippen LogP contribution in [-0.4, -0.2) is 50.3 Å². The van der Waals surface area contributed by atoms with Gasteiger partial charge in [-0.2, -0.15) is 30.7 Å². The number of aryl methyl sites for hydroxylation is 1. The molecule has 0 N–H and O–H groups in total. The Bertz CT molecular complexity index is 1470. The molecule has 0 radical (unpaired) electrons. The average Bonchev–Trinajstić information content (AvgIpc) is 3.38. The molecule has 1 saturated heterocycles. The van der Waals surface area contributed by atoms with Crippen LogP contribution in [0.5, 0.6) is 0 Å². The molecule has 2 fully saturated rings. The molecule has 224 valence electrons. The van der Waals surface area contributed by atoms with Gasteiger partial charge in [0.05, 0.1) is 18.0 Å². The molecule has 41 heavy (non-hydrogen) atoms. The molecule has 0 spiro atoms. The van der Waals surface area contributed by atoms with Gasteiger partial charge in [-0.25, -0.2) is 17.2 Å². The number of benzene rings is 2. The van der Waals surface area contributed by atoms with E-state index in [2.05, 4.69) is 0 Å². The Hall–Kier alpha value is -2.77. The van der Waals surface area contributed by atoms with E-state index in [4.69, 9.17) is 0 Å². The Morgan fingerprint density at radius 3 is 2.07 bits per heavy atom. The van der Waals surface area contributed by atoms with E-state index in [0.717, 1.165) is 42.5 Å². The van der Waals surface area contributed by atoms with Crippen LogP contribution in [0, 0.1) is 17.7 Å². The van der Waals surface area contributed by atoms with Crippen molar-refractivity contribution in [2.75, 3.05) is 13.1 Å². The molecule has 0 aromatic heterocycles. The van der Waals surface area contributed by atoms with E-state index >= 15 is 0 Å². The third-order valence-electron chi connectivity index (χ3n) is 8.82. The Morgan fingerprint density at radius 2 is 1.51 bits per heavy atom. The van der Waals surface area contributed by atoms with Crippen LogP contribution >= 0.6 is 0 Å². The summed E-state index contributed by atoms with van der Waals surface area (Å²) >= 11 is 0. The molecule has 0 bridgehead atoms. The maximum atomic E-state index is 14.8. The van der Waals surface area contributed by atoms with Crippen molar-refractivity contribution in [2.24, 2.45) is 11.8 Å². The number of carbonyl (C=O) groups is 1. The summed E-state index contributed by atoms with van der Waals surface area (Å²) in [6, 6.07) is 6.54. The first-order valence-electron chi connectivity index (χ1n) is 12.7. The number of alkyl halides is 8. The molecule has 14 heteroatoms. The van der Waals surface area contributed by atoms with Crippen molar-refractivity contribution in [1.29, 1.82) is 0 Å². The molecule has 4 atom stereocenters. The molecule has 4 nitrogen and oxygen atoms in total. The number of amides is 1. The topological polar surface area (TPSA) is 54.5 Å². The van der Waals surface area contributed by atoms with E-state index in [1.807, 2.05) is 0 Å². The predicted octanol–water partition coefficient (Wildman–Crippen LogP) is 6.33. The monoisotopic (exact) mass is 613 g/mol. The highest BCUT2D eigenvalue weighted by Crippen LogP contribution is 2.60. The van der Waals surface area contributed by atoms with Gasteiger partial charge in [-0.15, -0.1) is 0 Å². The number of fused-ring (bicyclic) bond motifs is 3. The molecule has 3 aliphatic rings. The zero-order valence-electron chi connectivity index (χ0n) is 21.4. The molecule has 1 unspecified atom stereocenters. The van der Waals surface area contributed by atoms with Crippen molar-refractivity contribution in [3.63, 3.8) is 0 Å². The SMILES string of the molecule is CC(F)(c1ccc2c(c1)CC[C@H]1[C@H](C(=O)N3CC(F)(F)C(F)(F)C3)CC[C@@]21S(=O)(=O)c1ccc(F)cc1)C(F)(F)F. The average molecular weight is 614 g/mol. The van der Waals surface area contributed by atoms with Gasteiger partial charge in [0.1, 0.15) is 10.6 Å². The highest BCUT2D eigenvalue weighted by atomic mass is 32.2. The van der Waals surface area contributed by atoms with Crippen LogP contribution in [0.3, 0.4) is 0 Å². The molecule has 1 saturated carbocycles. The lowest BCUT2D eigenvalue weighted by molar-refractivity contribution is -0.228. The normalized spacial score (nSPS) is 28.6. The Labute approximate surface area is 229 Å². The summed E-state index contributed by atoms with van der Waals surface area (Å²) in [6.45, 7) is -2.77. The summed E-state index contributed by atoms with van der Waals surface area (Å²) in [5.74, 6) is -13.2. The van der Waals surface area contributed by atoms with Crippen LogP contribution in [-0.2, 0) is 31.5 Å². The standard InChI is InChI=1S/C27H24F9NO3S/c1-23(29,27(34,35)36)16-3-9-20-15(12-16)2-8-21-19(22(38)37-13-25(30,31)26(32,33)14-37)10-11-24(20,21)41(39,40)18-6-4-17(28)5-7-18/h3-7,9,12,19,21H,2,8,10-11,13-14H2,1H3/t19-,21+,23?,24-/m1/s1. The number of halogens is 9. The van der Waals surface area contributed by atoms with Gasteiger partial charge in [0, 0.05) is 5.92 Å². The Morgan fingerprint density at radius 1 is 0.927 bits per heavy atom. The maximum Gasteiger partial charge on any atom is 0.426 e. The van der Waals surface area contributed by atoms with Crippen LogP contribution in [0.4, 0.5) is 39.5 Å². The third-order valence-corrected chi connectivity index (χ3v) is 11.4. The van der Waals surface area contributed by atoms with Gasteiger partial charge in [0.15, 0.2) is 9.84 Å². The molecule has 2 aliphatic carbocycles. The van der Waals surface area contributed by atoms with E-state index in [1.54, 1.807) is 0 Å². The van der Waals surface area contributed by atoms with Crippen molar-refractivity contribution in [3.8, 4) is 0 Å². The molecular formula is C27H24F9NO3S. The van der Waals surface area contributed by atoms with Gasteiger partial charge in [-0.1, -0.05) is 18.2 Å². The summed E-state index contributed by atoms with van der Waals surface area (Å²) < 4.78 is 151. The van der Waals surface area contributed by atoms with Crippen molar-refractivity contribution >= 4 is 15.7 Å². The van der Waals surface area contributed by atoms with E-state index in [-0.39, 0.29) is 41.7 Å². The van der Waals surface area contributed by atoms with E-state index in [0.29, 0.717) is 11.8 Å². The van der Waals surface area contributed by atoms with Crippen molar-refractivity contribution in [1.82, 2.24) is 4.90 Å². The third kappa shape index (κ3) is 4.25. The number of hydrogen-bond donors (Lipinski definition) is 0. The second-order valence-electron chi connectivity index (χ2n) is 11.1. The van der Waals surface area contributed by atoms with Gasteiger partial charge >= 0.3 is 18.0 Å². The Kier molecular flexibility index (Phi) is 6.60. The highest BCUT2D eigenvalue weighted by Gasteiger charge is 2.67. The van der Waals surface area contributed by atoms with E-state index in [9.17, 15) is 52.7 Å². The number of sulfone groups is 1. The fraction of sp³-hybridized carbons (Fsp3) is 0.519. The quantitative estimate of drug-likeness (QED) is 0.300. The zero-order chi connectivity index (χ0) is 30.4. The van der Waals surface area contributed by atoms with Crippen LogP contribution in [0.25, 0.3) is 0 Å². The number of nitrogens with zero attached hydrogens (tertiary/aromatic N) is 1. The molecule has 2 aromatic carbocycles. The fourth-order valence-electron chi connectivity index (χ4n) is 6.59. The van der Waals surface area contributed by atoms with Crippen LogP contribution in [0.1, 0.15) is 42.9 Å². The fourth-order valence-corrected chi connectivity index (χ4v) is 9.06. The molecule has 1 amide bonds. The highest BCUT2D eigenvalue weighted by molar-refractivity contribution is 7.92. The van der Waals surface area contributed by atoms with Gasteiger partial charge in [-0.3, -0.25) is 4.79 Å². The van der Waals surface area contributed by atoms with Crippen molar-refractivity contribution in [3.05, 3.63) is 65.0 Å². The van der Waals surface area contributed by atoms with Gasteiger partial charge in [0.25, 0.3) is 0 Å². The maximum absolute atomic E-state index is 14.8. The minimum absolute atomic E-state index is 0.00665. The summed E-state index contributed by atoms with van der Waals surface area (Å²) in [7, 11) is -4.55. The van der Waals surface area contributed by atoms with Crippen LogP contribution in [0.2, 0.25) is 0 Å². The first-order chi connectivity index (χ1) is 18.8. The number of likely N-dealkylation sites (tertiary alicyclic amines) is 1. The number of rotatable bonds is 4. The molecular weight excluding hydrogens is 589 g/mol. The lowest BCUT2D eigenvalue weighted by atomic mass is 9.72. The van der Waals surface area contributed by atoms with Crippen molar-refractivity contribution < 1.29 is 52.7 Å². The van der Waals surface area contributed by atoms with Crippen LogP contribution in [0.15, 0.2) is 47.4 Å². The number of hydrogen-bond acceptors (Lipinski definition) is 3. The summed E-state index contributed by atoms with van der Waals surface area (Å²) in [6.07, 6.45) is -6.00. The first-order valence-corrected chi connectivity index (χ1v) is 14.2. The van der Waals surface area contributed by atoms with Gasteiger partial charge in [0.2, 0.25) is 11.6 Å². The van der Waals surface area contributed by atoms with Gasteiger partial charge < -0.3 is 4.90 Å². The lowest BCUT2D eigenvalue weighted by Crippen LogP contribution is -2.47. The second-order valence-corrected chi connectivity index (χ2v) is 13.3. The summed E-state index contributed by atoms with van der Waals surface area (Å²) in [5.41, 5.74) is -4.43. The molecule has 1 aliphatic heterocycles. The zero-order valence-corrected chi connectivity index (χ0v) is 22.2. The smallest absolute Gasteiger partial charge is 0.330 e. The summed E-state index contributed by atoms with van der Waals surface area (Å²) in [5, 5.41) is 0. The largest absolute Gasteiger partial charge is 0.426 e. The first kappa shape index (κ1) is 29.7. The van der Waals surface area contributed by atoms with Crippen LogP contribution < -0.4 is 0 Å². The molecule has 1 heterocycles. The lowest BCUT2D eigenvalue weighted by Gasteiger charge is -2.43. The Balaban J connectivity index is 1.63. The van der Waals surface area contributed by atoms with Crippen molar-refractivity contribution in [2.45, 2.75) is 65.9 Å². The number of carbonyl (C=O) groups excluding carboxylic acids is 1. The van der Waals surface area contributed by atoms with E-state index < -0.39 is 80.5 Å².